The molecule has 1 heterocycles. The summed E-state index contributed by atoms with van der Waals surface area (Å²) in [5.41, 5.74) is 1.66. The molecule has 0 amide bonds. The molecule has 0 radical (unpaired) electrons. The molecule has 0 saturated carbocycles. The highest BCUT2D eigenvalue weighted by molar-refractivity contribution is 7.98. The van der Waals surface area contributed by atoms with Gasteiger partial charge in [0.15, 0.2) is 5.82 Å². The van der Waals surface area contributed by atoms with E-state index >= 15 is 0 Å². The Balaban J connectivity index is 1.98. The largest absolute Gasteiger partial charge is 0.250 e. The minimum Gasteiger partial charge on any atom is -0.250 e. The fourth-order valence-corrected chi connectivity index (χ4v) is 3.14. The smallest absolute Gasteiger partial charge is 0.216 e. The van der Waals surface area contributed by atoms with Gasteiger partial charge in [0.05, 0.1) is 11.2 Å². The maximum Gasteiger partial charge on any atom is 0.216 e. The summed E-state index contributed by atoms with van der Waals surface area (Å²) in [6.07, 6.45) is 3.76. The van der Waals surface area contributed by atoms with Gasteiger partial charge in [-0.1, -0.05) is 35.3 Å². The number of thioether (sulfide) groups is 1. The quantitative estimate of drug-likeness (QED) is 0.360. The molecule has 0 atom stereocenters. The van der Waals surface area contributed by atoms with Gasteiger partial charge in [-0.2, -0.15) is 14.9 Å². The molecule has 2 aromatic carbocycles. The molecule has 0 aliphatic rings. The first kappa shape index (κ1) is 17.2. The Kier molecular flexibility index (Phi) is 5.40. The van der Waals surface area contributed by atoms with Crippen LogP contribution in [0.5, 0.6) is 0 Å². The molecule has 1 aromatic heterocycles. The summed E-state index contributed by atoms with van der Waals surface area (Å²) in [5.74, 6) is 0.527. The second-order valence-electron chi connectivity index (χ2n) is 4.81. The van der Waals surface area contributed by atoms with Crippen molar-refractivity contribution >= 4 is 53.4 Å². The number of aromatic amines is 1. The zero-order chi connectivity index (χ0) is 17.1. The SMILES string of the molecule is CSc1ccc(C=Nn2c(-c3ccc(Cl)cc3Cl)n[nH]c2=S)cc1. The van der Waals surface area contributed by atoms with Crippen molar-refractivity contribution in [3.8, 4) is 11.4 Å². The van der Waals surface area contributed by atoms with Crippen LogP contribution in [0.15, 0.2) is 52.5 Å². The van der Waals surface area contributed by atoms with Crippen LogP contribution in [0.2, 0.25) is 10.0 Å². The van der Waals surface area contributed by atoms with Gasteiger partial charge in [0, 0.05) is 15.5 Å². The maximum absolute atomic E-state index is 6.26. The van der Waals surface area contributed by atoms with Crippen LogP contribution in [-0.4, -0.2) is 27.3 Å². The van der Waals surface area contributed by atoms with Crippen LogP contribution in [0.1, 0.15) is 5.56 Å². The van der Waals surface area contributed by atoms with Gasteiger partial charge in [0.2, 0.25) is 4.77 Å². The van der Waals surface area contributed by atoms with E-state index in [1.165, 1.54) is 9.57 Å². The maximum atomic E-state index is 6.26. The lowest BCUT2D eigenvalue weighted by Crippen LogP contribution is -1.95. The number of benzene rings is 2. The molecule has 3 aromatic rings. The summed E-state index contributed by atoms with van der Waals surface area (Å²) in [5, 5.41) is 12.4. The molecule has 0 aliphatic carbocycles. The molecular formula is C16H12Cl2N4S2. The Hall–Kier alpha value is -1.60. The van der Waals surface area contributed by atoms with Gasteiger partial charge in [0.1, 0.15) is 0 Å². The first-order valence-corrected chi connectivity index (χ1v) is 9.28. The van der Waals surface area contributed by atoms with Crippen LogP contribution in [-0.2, 0) is 0 Å². The van der Waals surface area contributed by atoms with Crippen molar-refractivity contribution in [2.45, 2.75) is 4.90 Å². The Morgan fingerprint density at radius 1 is 1.21 bits per heavy atom. The predicted molar refractivity (Wildman–Crippen MR) is 104 cm³/mol. The van der Waals surface area contributed by atoms with E-state index < -0.39 is 0 Å². The summed E-state index contributed by atoms with van der Waals surface area (Å²) in [6, 6.07) is 13.3. The summed E-state index contributed by atoms with van der Waals surface area (Å²) in [6.45, 7) is 0. The second-order valence-corrected chi connectivity index (χ2v) is 6.92. The molecule has 3 rings (SSSR count). The molecule has 0 saturated heterocycles. The average molecular weight is 395 g/mol. The number of rotatable bonds is 4. The third-order valence-corrected chi connectivity index (χ3v) is 4.82. The van der Waals surface area contributed by atoms with Crippen molar-refractivity contribution in [1.29, 1.82) is 0 Å². The number of hydrogen-bond acceptors (Lipinski definition) is 4. The molecule has 0 fully saturated rings. The first-order chi connectivity index (χ1) is 11.6. The van der Waals surface area contributed by atoms with Crippen LogP contribution in [0.3, 0.4) is 0 Å². The number of aromatic nitrogens is 3. The van der Waals surface area contributed by atoms with Gasteiger partial charge in [0.25, 0.3) is 0 Å². The minimum absolute atomic E-state index is 0.382. The molecule has 4 nitrogen and oxygen atoms in total. The van der Waals surface area contributed by atoms with Gasteiger partial charge in [-0.05, 0) is 54.4 Å². The van der Waals surface area contributed by atoms with Gasteiger partial charge < -0.3 is 0 Å². The second kappa shape index (κ2) is 7.53. The molecule has 122 valence electrons. The van der Waals surface area contributed by atoms with E-state index in [0.29, 0.717) is 26.2 Å². The topological polar surface area (TPSA) is 46.0 Å². The Bertz CT molecular complexity index is 945. The van der Waals surface area contributed by atoms with Gasteiger partial charge in [-0.15, -0.1) is 11.8 Å². The van der Waals surface area contributed by atoms with E-state index in [4.69, 9.17) is 35.4 Å². The zero-order valence-electron chi connectivity index (χ0n) is 12.5. The van der Waals surface area contributed by atoms with Crippen LogP contribution in [0, 0.1) is 4.77 Å². The summed E-state index contributed by atoms with van der Waals surface area (Å²) in [4.78, 5) is 1.20. The molecule has 0 aliphatic heterocycles. The van der Waals surface area contributed by atoms with Crippen molar-refractivity contribution in [3.63, 3.8) is 0 Å². The Labute approximate surface area is 158 Å². The fraction of sp³-hybridized carbons (Fsp3) is 0.0625. The molecule has 1 N–H and O–H groups in total. The molecule has 24 heavy (non-hydrogen) atoms. The predicted octanol–water partition coefficient (Wildman–Crippen LogP) is 5.52. The molecule has 8 heteroatoms. The van der Waals surface area contributed by atoms with E-state index in [1.807, 2.05) is 30.5 Å². The van der Waals surface area contributed by atoms with Crippen molar-refractivity contribution in [2.75, 3.05) is 6.26 Å². The lowest BCUT2D eigenvalue weighted by Gasteiger charge is -2.04. The van der Waals surface area contributed by atoms with Gasteiger partial charge in [-0.25, -0.2) is 5.10 Å². The van der Waals surface area contributed by atoms with E-state index in [0.717, 1.165) is 5.56 Å². The number of nitrogens with one attached hydrogen (secondary N) is 1. The van der Waals surface area contributed by atoms with Crippen molar-refractivity contribution in [3.05, 3.63) is 62.8 Å². The van der Waals surface area contributed by atoms with Crippen molar-refractivity contribution in [2.24, 2.45) is 5.10 Å². The highest BCUT2D eigenvalue weighted by Crippen LogP contribution is 2.29. The van der Waals surface area contributed by atoms with Crippen LogP contribution < -0.4 is 0 Å². The summed E-state index contributed by atoms with van der Waals surface area (Å²) >= 11 is 19.1. The normalized spacial score (nSPS) is 11.3. The molecular weight excluding hydrogens is 383 g/mol. The van der Waals surface area contributed by atoms with Crippen LogP contribution in [0.4, 0.5) is 0 Å². The fourth-order valence-electron chi connectivity index (χ4n) is 2.06. The summed E-state index contributed by atoms with van der Waals surface area (Å²) in [7, 11) is 0. The van der Waals surface area contributed by atoms with Gasteiger partial charge >= 0.3 is 0 Å². The van der Waals surface area contributed by atoms with Crippen molar-refractivity contribution in [1.82, 2.24) is 14.9 Å². The zero-order valence-corrected chi connectivity index (χ0v) is 15.7. The Morgan fingerprint density at radius 2 is 1.96 bits per heavy atom. The highest BCUT2D eigenvalue weighted by atomic mass is 35.5. The standard InChI is InChI=1S/C16H12Cl2N4S2/c1-24-12-5-2-10(3-6-12)9-19-22-15(20-21-16(22)23)13-7-4-11(17)8-14(13)18/h2-9H,1H3,(H,21,23). The average Bonchev–Trinajstić information content (AvgIpc) is 2.94. The lowest BCUT2D eigenvalue weighted by atomic mass is 10.2. The third kappa shape index (κ3) is 3.72. The van der Waals surface area contributed by atoms with Gasteiger partial charge in [-0.3, -0.25) is 0 Å². The number of H-pyrrole nitrogens is 1. The minimum atomic E-state index is 0.382. The van der Waals surface area contributed by atoms with E-state index in [2.05, 4.69) is 15.3 Å². The monoisotopic (exact) mass is 394 g/mol. The van der Waals surface area contributed by atoms with E-state index in [-0.39, 0.29) is 0 Å². The number of halogens is 2. The molecule has 0 spiro atoms. The first-order valence-electron chi connectivity index (χ1n) is 6.90. The van der Waals surface area contributed by atoms with Crippen molar-refractivity contribution < 1.29 is 0 Å². The molecule has 0 unspecified atom stereocenters. The Morgan fingerprint density at radius 3 is 2.62 bits per heavy atom. The lowest BCUT2D eigenvalue weighted by molar-refractivity contribution is 0.871. The van der Waals surface area contributed by atoms with Crippen LogP contribution >= 0.6 is 47.2 Å². The summed E-state index contributed by atoms with van der Waals surface area (Å²) < 4.78 is 1.92. The van der Waals surface area contributed by atoms with E-state index in [1.54, 1.807) is 36.2 Å². The number of hydrogen-bond donors (Lipinski definition) is 1. The third-order valence-electron chi connectivity index (χ3n) is 3.26. The van der Waals surface area contributed by atoms with E-state index in [9.17, 15) is 0 Å². The van der Waals surface area contributed by atoms with Crippen LogP contribution in [0.25, 0.3) is 11.4 Å². The molecule has 0 bridgehead atoms. The number of nitrogens with zero attached hydrogens (tertiary/aromatic N) is 3. The highest BCUT2D eigenvalue weighted by Gasteiger charge is 2.12.